The highest BCUT2D eigenvalue weighted by Crippen LogP contribution is 2.45. The Morgan fingerprint density at radius 1 is 1.24 bits per heavy atom. The standard InChI is InChI=1S/C19H35NO/c1-5-18(3,4)15-8-9-17-16(11-15)20-13-19(21-17)10-6-7-14(2)12-19/h14-17,20H,5-13H2,1-4H3. The summed E-state index contributed by atoms with van der Waals surface area (Å²) in [7, 11) is 0. The predicted octanol–water partition coefficient (Wildman–Crippen LogP) is 4.53. The Balaban J connectivity index is 1.63. The van der Waals surface area contributed by atoms with Crippen molar-refractivity contribution < 1.29 is 4.74 Å². The Morgan fingerprint density at radius 3 is 2.76 bits per heavy atom. The second-order valence-electron chi connectivity index (χ2n) is 8.88. The van der Waals surface area contributed by atoms with Gasteiger partial charge in [-0.1, -0.05) is 47.0 Å². The van der Waals surface area contributed by atoms with Crippen LogP contribution < -0.4 is 5.32 Å². The maximum Gasteiger partial charge on any atom is 0.0813 e. The molecule has 0 radical (unpaired) electrons. The first-order chi connectivity index (χ1) is 9.94. The van der Waals surface area contributed by atoms with Gasteiger partial charge < -0.3 is 10.1 Å². The van der Waals surface area contributed by atoms with Crippen LogP contribution in [-0.4, -0.2) is 24.3 Å². The molecule has 2 saturated carbocycles. The van der Waals surface area contributed by atoms with Crippen LogP contribution in [0.4, 0.5) is 0 Å². The van der Waals surface area contributed by atoms with Crippen molar-refractivity contribution in [3.05, 3.63) is 0 Å². The van der Waals surface area contributed by atoms with Gasteiger partial charge in [0.2, 0.25) is 0 Å². The van der Waals surface area contributed by atoms with Gasteiger partial charge in [0.05, 0.1) is 11.7 Å². The molecule has 0 amide bonds. The van der Waals surface area contributed by atoms with Crippen LogP contribution in [0.2, 0.25) is 0 Å². The number of morpholine rings is 1. The quantitative estimate of drug-likeness (QED) is 0.807. The zero-order chi connectivity index (χ0) is 15.1. The molecular formula is C19H35NO. The Hall–Kier alpha value is -0.0800. The predicted molar refractivity (Wildman–Crippen MR) is 88.4 cm³/mol. The maximum atomic E-state index is 6.72. The summed E-state index contributed by atoms with van der Waals surface area (Å²) in [5.74, 6) is 1.70. The summed E-state index contributed by atoms with van der Waals surface area (Å²) in [5, 5.41) is 3.90. The van der Waals surface area contributed by atoms with Gasteiger partial charge in [0.1, 0.15) is 0 Å². The van der Waals surface area contributed by atoms with Crippen molar-refractivity contribution in [1.82, 2.24) is 5.32 Å². The van der Waals surface area contributed by atoms with Crippen molar-refractivity contribution in [2.45, 2.75) is 96.8 Å². The molecule has 2 aliphatic carbocycles. The van der Waals surface area contributed by atoms with Crippen LogP contribution >= 0.6 is 0 Å². The van der Waals surface area contributed by atoms with Gasteiger partial charge in [-0.25, -0.2) is 0 Å². The molecule has 122 valence electrons. The second kappa shape index (κ2) is 5.85. The smallest absolute Gasteiger partial charge is 0.0813 e. The molecule has 1 N–H and O–H groups in total. The van der Waals surface area contributed by atoms with Gasteiger partial charge in [0, 0.05) is 12.6 Å². The summed E-state index contributed by atoms with van der Waals surface area (Å²) >= 11 is 0. The number of nitrogens with one attached hydrogen (secondary N) is 1. The van der Waals surface area contributed by atoms with E-state index >= 15 is 0 Å². The Labute approximate surface area is 131 Å². The van der Waals surface area contributed by atoms with Gasteiger partial charge in [-0.2, -0.15) is 0 Å². The zero-order valence-electron chi connectivity index (χ0n) is 14.6. The number of fused-ring (bicyclic) bond motifs is 1. The van der Waals surface area contributed by atoms with E-state index in [9.17, 15) is 0 Å². The molecule has 2 heteroatoms. The molecule has 1 spiro atoms. The number of hydrogen-bond donors (Lipinski definition) is 1. The van der Waals surface area contributed by atoms with Crippen LogP contribution in [0, 0.1) is 17.3 Å². The SMILES string of the molecule is CCC(C)(C)C1CCC2OC3(CCCC(C)C3)CNC2C1. The highest BCUT2D eigenvalue weighted by molar-refractivity contribution is 5.00. The first kappa shape index (κ1) is 15.8. The van der Waals surface area contributed by atoms with Crippen molar-refractivity contribution in [2.24, 2.45) is 17.3 Å². The molecule has 1 aliphatic heterocycles. The van der Waals surface area contributed by atoms with Gasteiger partial charge in [0.25, 0.3) is 0 Å². The van der Waals surface area contributed by atoms with Gasteiger partial charge >= 0.3 is 0 Å². The van der Waals surface area contributed by atoms with Crippen LogP contribution in [-0.2, 0) is 4.74 Å². The first-order valence-electron chi connectivity index (χ1n) is 9.35. The van der Waals surface area contributed by atoms with E-state index in [0.717, 1.165) is 18.4 Å². The summed E-state index contributed by atoms with van der Waals surface area (Å²) in [6.07, 6.45) is 11.0. The highest BCUT2D eigenvalue weighted by Gasteiger charge is 2.47. The minimum absolute atomic E-state index is 0.173. The Kier molecular flexibility index (Phi) is 4.40. The van der Waals surface area contributed by atoms with Gasteiger partial charge in [-0.05, 0) is 49.4 Å². The van der Waals surface area contributed by atoms with Crippen molar-refractivity contribution >= 4 is 0 Å². The minimum atomic E-state index is 0.173. The van der Waals surface area contributed by atoms with E-state index in [0.29, 0.717) is 17.6 Å². The molecule has 3 aliphatic rings. The molecule has 3 rings (SSSR count). The molecule has 0 aromatic rings. The van der Waals surface area contributed by atoms with E-state index in [1.165, 1.54) is 51.4 Å². The van der Waals surface area contributed by atoms with E-state index in [1.54, 1.807) is 0 Å². The normalized spacial score (nSPS) is 44.6. The fraction of sp³-hybridized carbons (Fsp3) is 1.00. The highest BCUT2D eigenvalue weighted by atomic mass is 16.5. The van der Waals surface area contributed by atoms with Gasteiger partial charge in [0.15, 0.2) is 0 Å². The van der Waals surface area contributed by atoms with E-state index < -0.39 is 0 Å². The fourth-order valence-corrected chi connectivity index (χ4v) is 5.06. The summed E-state index contributed by atoms with van der Waals surface area (Å²) in [4.78, 5) is 0. The fourth-order valence-electron chi connectivity index (χ4n) is 5.06. The maximum absolute atomic E-state index is 6.72. The number of ether oxygens (including phenoxy) is 1. The summed E-state index contributed by atoms with van der Waals surface area (Å²) in [6.45, 7) is 10.7. The Bertz CT molecular complexity index is 367. The van der Waals surface area contributed by atoms with E-state index in [4.69, 9.17) is 4.74 Å². The van der Waals surface area contributed by atoms with Crippen molar-refractivity contribution in [3.63, 3.8) is 0 Å². The van der Waals surface area contributed by atoms with Crippen LogP contribution in [0.5, 0.6) is 0 Å². The third-order valence-electron chi connectivity index (χ3n) is 6.94. The summed E-state index contributed by atoms with van der Waals surface area (Å²) < 4.78 is 6.72. The molecule has 21 heavy (non-hydrogen) atoms. The Morgan fingerprint density at radius 2 is 2.05 bits per heavy atom. The minimum Gasteiger partial charge on any atom is -0.369 e. The average Bonchev–Trinajstić information content (AvgIpc) is 2.46. The monoisotopic (exact) mass is 293 g/mol. The topological polar surface area (TPSA) is 21.3 Å². The molecule has 5 unspecified atom stereocenters. The van der Waals surface area contributed by atoms with Crippen LogP contribution in [0.3, 0.4) is 0 Å². The molecule has 1 saturated heterocycles. The largest absolute Gasteiger partial charge is 0.369 e. The second-order valence-corrected chi connectivity index (χ2v) is 8.88. The number of rotatable bonds is 2. The average molecular weight is 293 g/mol. The third kappa shape index (κ3) is 3.17. The molecule has 0 aromatic carbocycles. The first-order valence-corrected chi connectivity index (χ1v) is 9.35. The molecule has 3 fully saturated rings. The molecule has 1 heterocycles. The van der Waals surface area contributed by atoms with E-state index in [2.05, 4.69) is 33.0 Å². The molecule has 0 bridgehead atoms. The molecular weight excluding hydrogens is 258 g/mol. The van der Waals surface area contributed by atoms with Crippen molar-refractivity contribution in [2.75, 3.05) is 6.54 Å². The molecule has 0 aromatic heterocycles. The van der Waals surface area contributed by atoms with Crippen molar-refractivity contribution in [1.29, 1.82) is 0 Å². The van der Waals surface area contributed by atoms with Crippen LogP contribution in [0.1, 0.15) is 79.1 Å². The van der Waals surface area contributed by atoms with Crippen molar-refractivity contribution in [3.8, 4) is 0 Å². The third-order valence-corrected chi connectivity index (χ3v) is 6.94. The lowest BCUT2D eigenvalue weighted by Gasteiger charge is -2.52. The number of hydrogen-bond acceptors (Lipinski definition) is 2. The lowest BCUT2D eigenvalue weighted by atomic mass is 9.67. The summed E-state index contributed by atoms with van der Waals surface area (Å²) in [6, 6.07) is 0.609. The van der Waals surface area contributed by atoms with Gasteiger partial charge in [-0.15, -0.1) is 0 Å². The van der Waals surface area contributed by atoms with Gasteiger partial charge in [-0.3, -0.25) is 0 Å². The van der Waals surface area contributed by atoms with Crippen LogP contribution in [0.25, 0.3) is 0 Å². The lowest BCUT2D eigenvalue weighted by molar-refractivity contribution is -0.173. The lowest BCUT2D eigenvalue weighted by Crippen LogP contribution is -2.62. The molecule has 2 nitrogen and oxygen atoms in total. The molecule has 5 atom stereocenters. The van der Waals surface area contributed by atoms with Crippen LogP contribution in [0.15, 0.2) is 0 Å². The zero-order valence-corrected chi connectivity index (χ0v) is 14.6. The summed E-state index contributed by atoms with van der Waals surface area (Å²) in [5.41, 5.74) is 0.660. The van der Waals surface area contributed by atoms with E-state index in [1.807, 2.05) is 0 Å². The van der Waals surface area contributed by atoms with E-state index in [-0.39, 0.29) is 5.60 Å².